The summed E-state index contributed by atoms with van der Waals surface area (Å²) in [6, 6.07) is 11.6. The highest BCUT2D eigenvalue weighted by Crippen LogP contribution is 2.34. The lowest BCUT2D eigenvalue weighted by Gasteiger charge is -2.39. The highest BCUT2D eigenvalue weighted by atomic mass is 15.6. The van der Waals surface area contributed by atoms with Gasteiger partial charge in [-0.25, -0.2) is 4.68 Å². The van der Waals surface area contributed by atoms with Crippen LogP contribution in [0.1, 0.15) is 69.4 Å². The molecule has 0 spiro atoms. The van der Waals surface area contributed by atoms with Gasteiger partial charge in [0.2, 0.25) is 0 Å². The third-order valence-corrected chi connectivity index (χ3v) is 6.28. The van der Waals surface area contributed by atoms with Crippen LogP contribution in [0.2, 0.25) is 0 Å². The van der Waals surface area contributed by atoms with E-state index >= 15 is 0 Å². The molecule has 2 fully saturated rings. The topological polar surface area (TPSA) is 50.1 Å². The molecule has 2 aliphatic rings. The fraction of sp³-hybridized carbons (Fsp3) is 0.682. The van der Waals surface area contributed by atoms with Gasteiger partial charge in [-0.3, -0.25) is 9.80 Å². The van der Waals surface area contributed by atoms with E-state index in [1.54, 1.807) is 0 Å². The highest BCUT2D eigenvalue weighted by molar-refractivity contribution is 5.14. The fourth-order valence-electron chi connectivity index (χ4n) is 4.77. The molecule has 0 radical (unpaired) electrons. The molecular weight excluding hydrogens is 348 g/mol. The summed E-state index contributed by atoms with van der Waals surface area (Å²) in [6.45, 7) is 10.0. The maximum Gasteiger partial charge on any atom is 0.168 e. The Bertz CT molecular complexity index is 714. The van der Waals surface area contributed by atoms with Crippen LogP contribution in [0.15, 0.2) is 30.3 Å². The Labute approximate surface area is 168 Å². The van der Waals surface area contributed by atoms with E-state index in [0.29, 0.717) is 18.0 Å². The molecule has 1 atom stereocenters. The lowest BCUT2D eigenvalue weighted by atomic mass is 10.0. The number of hydrogen-bond donors (Lipinski definition) is 0. The van der Waals surface area contributed by atoms with Crippen molar-refractivity contribution in [3.05, 3.63) is 41.7 Å². The SMILES string of the molecule is CC(C)C[C@H](c1nnnn1C1CCCC1)N1CCN(Cc2ccccc2)CC1. The summed E-state index contributed by atoms with van der Waals surface area (Å²) < 4.78 is 2.16. The van der Waals surface area contributed by atoms with Crippen LogP contribution in [-0.4, -0.2) is 56.2 Å². The van der Waals surface area contributed by atoms with E-state index in [0.717, 1.165) is 45.0 Å². The van der Waals surface area contributed by atoms with E-state index in [1.807, 2.05) is 0 Å². The first-order chi connectivity index (χ1) is 13.7. The second-order valence-electron chi connectivity index (χ2n) is 8.86. The Balaban J connectivity index is 1.43. The zero-order valence-electron chi connectivity index (χ0n) is 17.4. The first-order valence-electron chi connectivity index (χ1n) is 11.0. The van der Waals surface area contributed by atoms with Gasteiger partial charge in [-0.15, -0.1) is 5.10 Å². The number of rotatable bonds is 7. The van der Waals surface area contributed by atoms with E-state index in [-0.39, 0.29) is 0 Å². The van der Waals surface area contributed by atoms with Gasteiger partial charge in [-0.2, -0.15) is 0 Å². The van der Waals surface area contributed by atoms with E-state index < -0.39 is 0 Å². The molecule has 1 aromatic heterocycles. The quantitative estimate of drug-likeness (QED) is 0.731. The van der Waals surface area contributed by atoms with Crippen LogP contribution in [0.25, 0.3) is 0 Å². The number of aromatic nitrogens is 4. The molecule has 0 amide bonds. The maximum absolute atomic E-state index is 4.52. The summed E-state index contributed by atoms with van der Waals surface area (Å²) in [5.41, 5.74) is 1.40. The second kappa shape index (κ2) is 9.14. The average molecular weight is 383 g/mol. The van der Waals surface area contributed by atoms with Crippen LogP contribution >= 0.6 is 0 Å². The zero-order valence-corrected chi connectivity index (χ0v) is 17.4. The minimum Gasteiger partial charge on any atom is -0.297 e. The van der Waals surface area contributed by atoms with E-state index in [1.165, 1.54) is 31.2 Å². The zero-order chi connectivity index (χ0) is 19.3. The number of tetrazole rings is 1. The largest absolute Gasteiger partial charge is 0.297 e. The normalized spacial score (nSPS) is 20.8. The first-order valence-corrected chi connectivity index (χ1v) is 11.0. The summed E-state index contributed by atoms with van der Waals surface area (Å²) in [7, 11) is 0. The van der Waals surface area contributed by atoms with Crippen molar-refractivity contribution in [2.45, 2.75) is 64.6 Å². The Morgan fingerprint density at radius 2 is 1.71 bits per heavy atom. The van der Waals surface area contributed by atoms with Crippen molar-refractivity contribution in [3.63, 3.8) is 0 Å². The molecule has 6 heteroatoms. The molecule has 0 N–H and O–H groups in total. The summed E-state index contributed by atoms with van der Waals surface area (Å²) in [4.78, 5) is 5.19. The van der Waals surface area contributed by atoms with Gasteiger partial charge in [0.25, 0.3) is 0 Å². The predicted molar refractivity (Wildman–Crippen MR) is 111 cm³/mol. The fourth-order valence-corrected chi connectivity index (χ4v) is 4.77. The molecule has 1 aliphatic carbocycles. The van der Waals surface area contributed by atoms with Crippen LogP contribution < -0.4 is 0 Å². The molecule has 2 heterocycles. The second-order valence-corrected chi connectivity index (χ2v) is 8.86. The smallest absolute Gasteiger partial charge is 0.168 e. The Morgan fingerprint density at radius 1 is 1.00 bits per heavy atom. The van der Waals surface area contributed by atoms with Crippen molar-refractivity contribution in [3.8, 4) is 0 Å². The maximum atomic E-state index is 4.52. The molecule has 0 unspecified atom stereocenters. The van der Waals surface area contributed by atoms with Gasteiger partial charge in [0, 0.05) is 32.7 Å². The third kappa shape index (κ3) is 4.61. The highest BCUT2D eigenvalue weighted by Gasteiger charge is 2.32. The van der Waals surface area contributed by atoms with Crippen LogP contribution in [0.5, 0.6) is 0 Å². The van der Waals surface area contributed by atoms with Gasteiger partial charge >= 0.3 is 0 Å². The van der Waals surface area contributed by atoms with Gasteiger partial charge in [-0.05, 0) is 41.2 Å². The molecule has 2 aromatic rings. The molecule has 1 saturated carbocycles. The summed E-state index contributed by atoms with van der Waals surface area (Å²) in [5, 5.41) is 13.0. The minimum absolute atomic E-state index is 0.328. The molecule has 1 aromatic carbocycles. The summed E-state index contributed by atoms with van der Waals surface area (Å²) >= 11 is 0. The average Bonchev–Trinajstić information content (AvgIpc) is 3.39. The Kier molecular flexibility index (Phi) is 6.37. The third-order valence-electron chi connectivity index (χ3n) is 6.28. The van der Waals surface area contributed by atoms with Gasteiger partial charge < -0.3 is 0 Å². The molecule has 4 rings (SSSR count). The molecule has 28 heavy (non-hydrogen) atoms. The minimum atomic E-state index is 0.328. The van der Waals surface area contributed by atoms with Crippen LogP contribution in [0.3, 0.4) is 0 Å². The van der Waals surface area contributed by atoms with Crippen molar-refractivity contribution >= 4 is 0 Å². The Morgan fingerprint density at radius 3 is 2.39 bits per heavy atom. The Hall–Kier alpha value is -1.79. The van der Waals surface area contributed by atoms with Crippen molar-refractivity contribution in [2.75, 3.05) is 26.2 Å². The monoisotopic (exact) mass is 382 g/mol. The van der Waals surface area contributed by atoms with Gasteiger partial charge in [-0.1, -0.05) is 57.0 Å². The lowest BCUT2D eigenvalue weighted by Crippen LogP contribution is -2.48. The molecule has 152 valence electrons. The van der Waals surface area contributed by atoms with Gasteiger partial charge in [0.1, 0.15) is 0 Å². The van der Waals surface area contributed by atoms with Gasteiger partial charge in [0.05, 0.1) is 12.1 Å². The predicted octanol–water partition coefficient (Wildman–Crippen LogP) is 3.69. The summed E-state index contributed by atoms with van der Waals surface area (Å²) in [6.07, 6.45) is 6.16. The number of nitrogens with zero attached hydrogens (tertiary/aromatic N) is 6. The van der Waals surface area contributed by atoms with Crippen LogP contribution in [-0.2, 0) is 6.54 Å². The van der Waals surface area contributed by atoms with E-state index in [9.17, 15) is 0 Å². The molecule has 1 saturated heterocycles. The summed E-state index contributed by atoms with van der Waals surface area (Å²) in [5.74, 6) is 1.72. The van der Waals surface area contributed by atoms with Gasteiger partial charge in [0.15, 0.2) is 5.82 Å². The molecule has 1 aliphatic heterocycles. The van der Waals surface area contributed by atoms with Crippen molar-refractivity contribution in [2.24, 2.45) is 5.92 Å². The molecule has 6 nitrogen and oxygen atoms in total. The lowest BCUT2D eigenvalue weighted by molar-refractivity contribution is 0.0759. The first kappa shape index (κ1) is 19.5. The number of piperazine rings is 1. The number of hydrogen-bond acceptors (Lipinski definition) is 5. The van der Waals surface area contributed by atoms with Crippen molar-refractivity contribution in [1.29, 1.82) is 0 Å². The van der Waals surface area contributed by atoms with E-state index in [4.69, 9.17) is 0 Å². The molecule has 0 bridgehead atoms. The van der Waals surface area contributed by atoms with E-state index in [2.05, 4.69) is 74.2 Å². The standard InChI is InChI=1S/C22H34N6/c1-18(2)16-21(22-23-24-25-28(22)20-10-6-7-11-20)27-14-12-26(13-15-27)17-19-8-4-3-5-9-19/h3-5,8-9,18,20-21H,6-7,10-17H2,1-2H3/t21-/m1/s1. The van der Waals surface area contributed by atoms with Crippen molar-refractivity contribution in [1.82, 2.24) is 30.0 Å². The van der Waals surface area contributed by atoms with Crippen molar-refractivity contribution < 1.29 is 0 Å². The molecular formula is C22H34N6. The number of benzene rings is 1. The van der Waals surface area contributed by atoms with Crippen LogP contribution in [0.4, 0.5) is 0 Å². The van der Waals surface area contributed by atoms with Crippen LogP contribution in [0, 0.1) is 5.92 Å².